The highest BCUT2D eigenvalue weighted by atomic mass is 32.2. The summed E-state index contributed by atoms with van der Waals surface area (Å²) in [7, 11) is -3.31. The molecule has 1 amide bonds. The van der Waals surface area contributed by atoms with Gasteiger partial charge in [0.1, 0.15) is 0 Å². The lowest BCUT2D eigenvalue weighted by atomic mass is 10.1. The Balaban J connectivity index is 2.51. The summed E-state index contributed by atoms with van der Waals surface area (Å²) in [5, 5.41) is 11.1. The molecule has 2 rings (SSSR count). The van der Waals surface area contributed by atoms with Crippen LogP contribution < -0.4 is 5.32 Å². The average Bonchev–Trinajstić information content (AvgIpc) is 2.80. The van der Waals surface area contributed by atoms with E-state index in [2.05, 4.69) is 10.3 Å². The van der Waals surface area contributed by atoms with Gasteiger partial charge in [-0.05, 0) is 31.9 Å². The van der Waals surface area contributed by atoms with E-state index in [1.54, 1.807) is 19.9 Å². The Morgan fingerprint density at radius 1 is 1.36 bits per heavy atom. The maximum absolute atomic E-state index is 12.3. The molecule has 25 heavy (non-hydrogen) atoms. The minimum Gasteiger partial charge on any atom is -0.478 e. The maximum atomic E-state index is 12.3. The van der Waals surface area contributed by atoms with E-state index in [0.717, 1.165) is 6.26 Å². The van der Waals surface area contributed by atoms with Crippen LogP contribution in [0.4, 0.5) is 0 Å². The number of H-pyrrole nitrogens is 1. The number of hydrogen-bond acceptors (Lipinski definition) is 4. The number of nitrogens with one attached hydrogen (secondary N) is 2. The molecule has 1 aliphatic heterocycles. The second-order valence-corrected chi connectivity index (χ2v) is 8.17. The van der Waals surface area contributed by atoms with E-state index in [0.29, 0.717) is 17.0 Å². The zero-order chi connectivity index (χ0) is 18.8. The second kappa shape index (κ2) is 7.10. The van der Waals surface area contributed by atoms with E-state index in [-0.39, 0.29) is 17.6 Å². The minimum atomic E-state index is -3.31. The number of carboxylic acid groups (broad SMARTS) is 1. The Labute approximate surface area is 146 Å². The predicted octanol–water partition coefficient (Wildman–Crippen LogP) is 1.72. The fraction of sp³-hybridized carbons (Fsp3) is 0.294. The molecule has 1 aliphatic rings. The highest BCUT2D eigenvalue weighted by Crippen LogP contribution is 2.21. The smallest absolute Gasteiger partial charge is 0.337 e. The van der Waals surface area contributed by atoms with Crippen LogP contribution in [0, 0.1) is 13.8 Å². The molecule has 1 atom stereocenters. The van der Waals surface area contributed by atoms with Gasteiger partial charge < -0.3 is 15.4 Å². The normalized spacial score (nSPS) is 20.0. The van der Waals surface area contributed by atoms with Crippen molar-refractivity contribution in [1.82, 2.24) is 10.3 Å². The number of aromatic amines is 1. The van der Waals surface area contributed by atoms with E-state index in [9.17, 15) is 23.1 Å². The van der Waals surface area contributed by atoms with Crippen molar-refractivity contribution in [1.29, 1.82) is 0 Å². The van der Waals surface area contributed by atoms with Gasteiger partial charge in [0.15, 0.2) is 9.84 Å². The predicted molar refractivity (Wildman–Crippen MR) is 94.9 cm³/mol. The standard InChI is InChI=1S/C17H20N2O5S/c1-10-14(19-11(2)15(10)17(21)22)9-12-6-7-13(25(3,23)24)5-4-8-18-16(12)20/h4,6-9,13,19H,5H2,1-3H3,(H,18,20)(H,21,22). The highest BCUT2D eigenvalue weighted by Gasteiger charge is 2.20. The molecule has 1 unspecified atom stereocenters. The number of aryl methyl sites for hydroxylation is 1. The molecule has 0 saturated carbocycles. The monoisotopic (exact) mass is 364 g/mol. The summed E-state index contributed by atoms with van der Waals surface area (Å²) in [4.78, 5) is 26.5. The van der Waals surface area contributed by atoms with Crippen LogP contribution in [0.1, 0.15) is 33.7 Å². The van der Waals surface area contributed by atoms with Gasteiger partial charge in [-0.1, -0.05) is 18.2 Å². The Morgan fingerprint density at radius 3 is 2.60 bits per heavy atom. The maximum Gasteiger partial charge on any atom is 0.337 e. The van der Waals surface area contributed by atoms with E-state index in [4.69, 9.17) is 0 Å². The fourth-order valence-electron chi connectivity index (χ4n) is 2.61. The molecule has 0 radical (unpaired) electrons. The van der Waals surface area contributed by atoms with E-state index in [1.807, 2.05) is 0 Å². The first kappa shape index (κ1) is 18.7. The van der Waals surface area contributed by atoms with Crippen LogP contribution in [-0.2, 0) is 14.6 Å². The van der Waals surface area contributed by atoms with Crippen LogP contribution in [-0.4, -0.2) is 41.9 Å². The number of aromatic nitrogens is 1. The molecule has 0 spiro atoms. The molecular weight excluding hydrogens is 344 g/mol. The summed E-state index contributed by atoms with van der Waals surface area (Å²) in [6.07, 6.45) is 8.83. The van der Waals surface area contributed by atoms with Gasteiger partial charge in [-0.25, -0.2) is 13.2 Å². The first-order valence-electron chi connectivity index (χ1n) is 7.58. The van der Waals surface area contributed by atoms with Crippen molar-refractivity contribution in [2.75, 3.05) is 6.26 Å². The summed E-state index contributed by atoms with van der Waals surface area (Å²) >= 11 is 0. The second-order valence-electron chi connectivity index (χ2n) is 5.91. The molecule has 1 aromatic heterocycles. The first-order chi connectivity index (χ1) is 11.6. The molecular formula is C17H20N2O5S. The van der Waals surface area contributed by atoms with Crippen molar-refractivity contribution in [2.45, 2.75) is 25.5 Å². The molecule has 0 fully saturated rings. The molecule has 0 aliphatic carbocycles. The van der Waals surface area contributed by atoms with Crippen LogP contribution in [0.3, 0.4) is 0 Å². The van der Waals surface area contributed by atoms with Crippen molar-refractivity contribution in [3.8, 4) is 0 Å². The third-order valence-electron chi connectivity index (χ3n) is 3.99. The van der Waals surface area contributed by atoms with Gasteiger partial charge in [0.2, 0.25) is 0 Å². The van der Waals surface area contributed by atoms with Crippen LogP contribution in [0.25, 0.3) is 6.08 Å². The van der Waals surface area contributed by atoms with Gasteiger partial charge in [-0.2, -0.15) is 0 Å². The van der Waals surface area contributed by atoms with Gasteiger partial charge in [0, 0.05) is 29.4 Å². The number of carboxylic acids is 1. The largest absolute Gasteiger partial charge is 0.478 e. The Bertz CT molecular complexity index is 904. The highest BCUT2D eigenvalue weighted by molar-refractivity contribution is 7.91. The van der Waals surface area contributed by atoms with Gasteiger partial charge in [0.25, 0.3) is 5.91 Å². The van der Waals surface area contributed by atoms with Gasteiger partial charge >= 0.3 is 5.97 Å². The third kappa shape index (κ3) is 4.27. The van der Waals surface area contributed by atoms with E-state index < -0.39 is 27.0 Å². The topological polar surface area (TPSA) is 116 Å². The lowest BCUT2D eigenvalue weighted by Gasteiger charge is -2.06. The molecule has 1 aromatic rings. The lowest BCUT2D eigenvalue weighted by molar-refractivity contribution is -0.116. The summed E-state index contributed by atoms with van der Waals surface area (Å²) < 4.78 is 23.6. The Hall–Kier alpha value is -2.61. The van der Waals surface area contributed by atoms with Gasteiger partial charge in [0.05, 0.1) is 10.8 Å². The Morgan fingerprint density at radius 2 is 2.04 bits per heavy atom. The summed E-state index contributed by atoms with van der Waals surface area (Å²) in [5.41, 5.74) is 1.87. The van der Waals surface area contributed by atoms with E-state index >= 15 is 0 Å². The van der Waals surface area contributed by atoms with Crippen molar-refractivity contribution in [3.63, 3.8) is 0 Å². The minimum absolute atomic E-state index is 0.160. The van der Waals surface area contributed by atoms with Gasteiger partial charge in [-0.3, -0.25) is 4.79 Å². The Kier molecular flexibility index (Phi) is 5.32. The summed E-state index contributed by atoms with van der Waals surface area (Å²) in [6, 6.07) is 0. The number of rotatable bonds is 3. The van der Waals surface area contributed by atoms with Crippen molar-refractivity contribution < 1.29 is 23.1 Å². The number of hydrogen-bond donors (Lipinski definition) is 3. The molecule has 2 heterocycles. The van der Waals surface area contributed by atoms with Crippen LogP contribution in [0.2, 0.25) is 0 Å². The number of amides is 1. The number of carbonyl (C=O) groups excluding carboxylic acids is 1. The SMILES string of the molecule is Cc1[nH]c(C=C2C=CC(S(C)(=O)=O)CC=CNC2=O)c(C)c1C(=O)O. The van der Waals surface area contributed by atoms with Crippen LogP contribution >= 0.6 is 0 Å². The van der Waals surface area contributed by atoms with Crippen molar-refractivity contribution in [3.05, 3.63) is 52.5 Å². The number of allylic oxidation sites excluding steroid dienone is 1. The molecule has 0 saturated heterocycles. The van der Waals surface area contributed by atoms with Gasteiger partial charge in [-0.15, -0.1) is 0 Å². The number of carbonyl (C=O) groups is 2. The molecule has 8 heteroatoms. The first-order valence-corrected chi connectivity index (χ1v) is 9.53. The zero-order valence-corrected chi connectivity index (χ0v) is 15.0. The molecule has 0 bridgehead atoms. The van der Waals surface area contributed by atoms with Crippen molar-refractivity contribution >= 4 is 27.8 Å². The molecule has 0 aromatic carbocycles. The molecule has 3 N–H and O–H groups in total. The molecule has 134 valence electrons. The zero-order valence-electron chi connectivity index (χ0n) is 14.2. The quantitative estimate of drug-likeness (QED) is 0.706. The third-order valence-corrected chi connectivity index (χ3v) is 5.44. The molecule has 7 nitrogen and oxygen atoms in total. The van der Waals surface area contributed by atoms with Crippen LogP contribution in [0.5, 0.6) is 0 Å². The lowest BCUT2D eigenvalue weighted by Crippen LogP contribution is -2.18. The fourth-order valence-corrected chi connectivity index (χ4v) is 3.44. The van der Waals surface area contributed by atoms with Crippen molar-refractivity contribution in [2.24, 2.45) is 0 Å². The number of aromatic carboxylic acids is 1. The van der Waals surface area contributed by atoms with Crippen LogP contribution in [0.15, 0.2) is 30.0 Å². The summed E-state index contributed by atoms with van der Waals surface area (Å²) in [6.45, 7) is 3.29. The number of sulfone groups is 1. The summed E-state index contributed by atoms with van der Waals surface area (Å²) in [5.74, 6) is -1.46. The van der Waals surface area contributed by atoms with E-state index in [1.165, 1.54) is 24.4 Å². The average molecular weight is 364 g/mol.